The van der Waals surface area contributed by atoms with Crippen molar-refractivity contribution >= 4 is 11.3 Å². The van der Waals surface area contributed by atoms with Crippen molar-refractivity contribution in [1.82, 2.24) is 0 Å². The SMILES string of the molecule is C[C@@H](O)[C@@H]1C[C@@H]1c1cccs1. The lowest BCUT2D eigenvalue weighted by atomic mass is 10.2. The lowest BCUT2D eigenvalue weighted by Crippen LogP contribution is -2.02. The second-order valence-corrected chi connectivity index (χ2v) is 4.24. The van der Waals surface area contributed by atoms with Crippen molar-refractivity contribution in [1.29, 1.82) is 0 Å². The van der Waals surface area contributed by atoms with Crippen molar-refractivity contribution < 1.29 is 5.11 Å². The molecule has 1 nitrogen and oxygen atoms in total. The van der Waals surface area contributed by atoms with Gasteiger partial charge in [-0.05, 0) is 36.6 Å². The van der Waals surface area contributed by atoms with Gasteiger partial charge in [0.1, 0.15) is 0 Å². The lowest BCUT2D eigenvalue weighted by Gasteiger charge is -1.99. The molecule has 1 fully saturated rings. The van der Waals surface area contributed by atoms with Gasteiger partial charge in [-0.1, -0.05) is 6.07 Å². The average Bonchev–Trinajstić information content (AvgIpc) is 2.60. The summed E-state index contributed by atoms with van der Waals surface area (Å²) in [4.78, 5) is 1.44. The van der Waals surface area contributed by atoms with Crippen molar-refractivity contribution in [2.24, 2.45) is 5.92 Å². The monoisotopic (exact) mass is 168 g/mol. The molecule has 1 aromatic heterocycles. The van der Waals surface area contributed by atoms with E-state index in [1.54, 1.807) is 11.3 Å². The van der Waals surface area contributed by atoms with Gasteiger partial charge < -0.3 is 5.11 Å². The van der Waals surface area contributed by atoms with Gasteiger partial charge in [0.25, 0.3) is 0 Å². The molecule has 2 heteroatoms. The second kappa shape index (κ2) is 2.61. The maximum Gasteiger partial charge on any atom is 0.0546 e. The van der Waals surface area contributed by atoms with E-state index in [1.165, 1.54) is 11.3 Å². The minimum Gasteiger partial charge on any atom is -0.393 e. The third kappa shape index (κ3) is 1.33. The van der Waals surface area contributed by atoms with Crippen molar-refractivity contribution in [2.45, 2.75) is 25.4 Å². The fourth-order valence-electron chi connectivity index (χ4n) is 1.58. The first kappa shape index (κ1) is 7.32. The number of rotatable bonds is 2. The standard InChI is InChI=1S/C9H12OS/c1-6(10)7-5-8(7)9-3-2-4-11-9/h2-4,6-8,10H,5H2,1H3/t6-,7+,8+/m1/s1. The molecular formula is C9H12OS. The Morgan fingerprint density at radius 1 is 1.73 bits per heavy atom. The first-order valence-electron chi connectivity index (χ1n) is 4.00. The van der Waals surface area contributed by atoms with Crippen molar-refractivity contribution in [3.05, 3.63) is 22.4 Å². The second-order valence-electron chi connectivity index (χ2n) is 3.26. The van der Waals surface area contributed by atoms with Crippen LogP contribution < -0.4 is 0 Å². The molecule has 0 bridgehead atoms. The summed E-state index contributed by atoms with van der Waals surface area (Å²) in [6.07, 6.45) is 1.06. The molecule has 11 heavy (non-hydrogen) atoms. The molecule has 0 unspecified atom stereocenters. The van der Waals surface area contributed by atoms with Gasteiger partial charge in [0, 0.05) is 4.88 Å². The molecule has 1 aliphatic rings. The summed E-state index contributed by atoms with van der Waals surface area (Å²) in [5, 5.41) is 11.4. The molecule has 0 aliphatic heterocycles. The van der Waals surface area contributed by atoms with E-state index in [0.717, 1.165) is 0 Å². The smallest absolute Gasteiger partial charge is 0.0546 e. The predicted molar refractivity (Wildman–Crippen MR) is 46.8 cm³/mol. The Bertz CT molecular complexity index is 228. The van der Waals surface area contributed by atoms with Crippen LogP contribution in [-0.2, 0) is 0 Å². The summed E-state index contributed by atoms with van der Waals surface area (Å²) in [7, 11) is 0. The van der Waals surface area contributed by atoms with Gasteiger partial charge in [0.2, 0.25) is 0 Å². The Kier molecular flexibility index (Phi) is 1.74. The number of hydrogen-bond donors (Lipinski definition) is 1. The number of aliphatic hydroxyl groups is 1. The predicted octanol–water partition coefficient (Wildman–Crippen LogP) is 2.23. The first-order valence-corrected chi connectivity index (χ1v) is 4.88. The van der Waals surface area contributed by atoms with Crippen molar-refractivity contribution in [3.8, 4) is 0 Å². The quantitative estimate of drug-likeness (QED) is 0.718. The molecule has 1 saturated carbocycles. The molecule has 1 aromatic rings. The summed E-state index contributed by atoms with van der Waals surface area (Å²) >= 11 is 1.80. The molecular weight excluding hydrogens is 156 g/mol. The largest absolute Gasteiger partial charge is 0.393 e. The minimum atomic E-state index is -0.123. The van der Waals surface area contributed by atoms with Crippen LogP contribution in [0.25, 0.3) is 0 Å². The zero-order valence-electron chi connectivity index (χ0n) is 6.53. The molecule has 0 amide bonds. The van der Waals surface area contributed by atoms with Gasteiger partial charge in [-0.2, -0.15) is 0 Å². The van der Waals surface area contributed by atoms with Crippen LogP contribution in [0.5, 0.6) is 0 Å². The molecule has 1 N–H and O–H groups in total. The molecule has 0 saturated heterocycles. The van der Waals surface area contributed by atoms with Crippen LogP contribution in [0.2, 0.25) is 0 Å². The maximum absolute atomic E-state index is 9.27. The Labute approximate surface area is 70.7 Å². The van der Waals surface area contributed by atoms with Gasteiger partial charge >= 0.3 is 0 Å². The number of aliphatic hydroxyl groups excluding tert-OH is 1. The zero-order valence-corrected chi connectivity index (χ0v) is 7.34. The Balaban J connectivity index is 2.02. The van der Waals surface area contributed by atoms with E-state index in [9.17, 15) is 5.11 Å². The van der Waals surface area contributed by atoms with Gasteiger partial charge in [-0.3, -0.25) is 0 Å². The summed E-state index contributed by atoms with van der Waals surface area (Å²) in [5.74, 6) is 1.20. The topological polar surface area (TPSA) is 20.2 Å². The van der Waals surface area contributed by atoms with Gasteiger partial charge in [0.05, 0.1) is 6.10 Å². The Morgan fingerprint density at radius 2 is 2.55 bits per heavy atom. The molecule has 0 spiro atoms. The van der Waals surface area contributed by atoms with Crippen LogP contribution in [-0.4, -0.2) is 11.2 Å². The van der Waals surface area contributed by atoms with Gasteiger partial charge in [-0.25, -0.2) is 0 Å². The third-order valence-electron chi connectivity index (χ3n) is 2.37. The molecule has 3 atom stereocenters. The first-order chi connectivity index (χ1) is 5.29. The fourth-order valence-corrected chi connectivity index (χ4v) is 2.49. The van der Waals surface area contributed by atoms with E-state index < -0.39 is 0 Å². The highest BCUT2D eigenvalue weighted by molar-refractivity contribution is 7.10. The fraction of sp³-hybridized carbons (Fsp3) is 0.556. The van der Waals surface area contributed by atoms with E-state index in [2.05, 4.69) is 17.5 Å². The average molecular weight is 168 g/mol. The van der Waals surface area contributed by atoms with Crippen LogP contribution in [0.4, 0.5) is 0 Å². The maximum atomic E-state index is 9.27. The summed E-state index contributed by atoms with van der Waals surface area (Å²) in [6, 6.07) is 4.25. The normalized spacial score (nSPS) is 31.8. The van der Waals surface area contributed by atoms with Crippen LogP contribution in [0.3, 0.4) is 0 Å². The summed E-state index contributed by atoms with van der Waals surface area (Å²) in [5.41, 5.74) is 0. The summed E-state index contributed by atoms with van der Waals surface area (Å²) < 4.78 is 0. The zero-order chi connectivity index (χ0) is 7.84. The highest BCUT2D eigenvalue weighted by Crippen LogP contribution is 2.50. The summed E-state index contributed by atoms with van der Waals surface area (Å²) in [6.45, 7) is 1.89. The Morgan fingerprint density at radius 3 is 3.00 bits per heavy atom. The van der Waals surface area contributed by atoms with Crippen molar-refractivity contribution in [2.75, 3.05) is 0 Å². The van der Waals surface area contributed by atoms with E-state index >= 15 is 0 Å². The van der Waals surface area contributed by atoms with E-state index in [-0.39, 0.29) is 6.10 Å². The molecule has 0 radical (unpaired) electrons. The highest BCUT2D eigenvalue weighted by atomic mass is 32.1. The van der Waals surface area contributed by atoms with Crippen LogP contribution in [0.15, 0.2) is 17.5 Å². The Hall–Kier alpha value is -0.340. The van der Waals surface area contributed by atoms with Gasteiger partial charge in [0.15, 0.2) is 0 Å². The molecule has 1 heterocycles. The highest BCUT2D eigenvalue weighted by Gasteiger charge is 2.41. The van der Waals surface area contributed by atoms with E-state index in [0.29, 0.717) is 11.8 Å². The molecule has 60 valence electrons. The van der Waals surface area contributed by atoms with E-state index in [1.807, 2.05) is 6.92 Å². The molecule has 2 rings (SSSR count). The van der Waals surface area contributed by atoms with Crippen molar-refractivity contribution in [3.63, 3.8) is 0 Å². The van der Waals surface area contributed by atoms with E-state index in [4.69, 9.17) is 0 Å². The van der Waals surface area contributed by atoms with Crippen LogP contribution >= 0.6 is 11.3 Å². The molecule has 0 aromatic carbocycles. The lowest BCUT2D eigenvalue weighted by molar-refractivity contribution is 0.169. The van der Waals surface area contributed by atoms with Gasteiger partial charge in [-0.15, -0.1) is 11.3 Å². The minimum absolute atomic E-state index is 0.123. The van der Waals surface area contributed by atoms with Crippen LogP contribution in [0, 0.1) is 5.92 Å². The number of hydrogen-bond acceptors (Lipinski definition) is 2. The van der Waals surface area contributed by atoms with Crippen LogP contribution in [0.1, 0.15) is 24.1 Å². The third-order valence-corrected chi connectivity index (χ3v) is 3.37. The number of thiophene rings is 1. The molecule has 1 aliphatic carbocycles.